The van der Waals surface area contributed by atoms with Crippen LogP contribution in [-0.2, 0) is 11.2 Å². The number of benzene rings is 1. The lowest BCUT2D eigenvalue weighted by molar-refractivity contribution is -0.138. The Kier molecular flexibility index (Phi) is 3.74. The molecule has 0 radical (unpaired) electrons. The lowest BCUT2D eigenvalue weighted by atomic mass is 10.0. The molecule has 0 spiro atoms. The van der Waals surface area contributed by atoms with Gasteiger partial charge < -0.3 is 10.0 Å². The molecule has 5 heteroatoms. The molecule has 0 saturated carbocycles. The molecule has 0 fully saturated rings. The van der Waals surface area contributed by atoms with Crippen LogP contribution in [-0.4, -0.2) is 23.5 Å². The van der Waals surface area contributed by atoms with E-state index in [1.165, 1.54) is 16.2 Å². The van der Waals surface area contributed by atoms with Gasteiger partial charge in [0.2, 0.25) is 0 Å². The number of rotatable bonds is 3. The Hall–Kier alpha value is -2.14. The molecule has 1 aromatic carbocycles. The van der Waals surface area contributed by atoms with Crippen molar-refractivity contribution >= 4 is 28.9 Å². The molecule has 1 N–H and O–H groups in total. The minimum atomic E-state index is -0.889. The molecule has 1 atom stereocenters. The number of hydrogen-bond donors (Lipinski definition) is 1. The molecule has 3 rings (SSSR count). The summed E-state index contributed by atoms with van der Waals surface area (Å²) in [7, 11) is 0. The van der Waals surface area contributed by atoms with Gasteiger partial charge in [0.15, 0.2) is 0 Å². The van der Waals surface area contributed by atoms with Crippen LogP contribution in [0.15, 0.2) is 30.3 Å². The van der Waals surface area contributed by atoms with Crippen molar-refractivity contribution in [3.8, 4) is 0 Å². The normalized spacial score (nSPS) is 16.6. The van der Waals surface area contributed by atoms with Gasteiger partial charge in [-0.15, -0.1) is 11.3 Å². The maximum atomic E-state index is 12.8. The number of carboxylic acid groups (broad SMARTS) is 1. The first-order valence-corrected chi connectivity index (χ1v) is 8.07. The van der Waals surface area contributed by atoms with Crippen molar-refractivity contribution in [1.82, 2.24) is 0 Å². The quantitative estimate of drug-likeness (QED) is 0.944. The van der Waals surface area contributed by atoms with Crippen LogP contribution in [0.3, 0.4) is 0 Å². The summed E-state index contributed by atoms with van der Waals surface area (Å²) in [6.07, 6.45) is 0.901. The highest BCUT2D eigenvalue weighted by Gasteiger charge is 2.37. The van der Waals surface area contributed by atoms with Crippen molar-refractivity contribution in [2.24, 2.45) is 0 Å². The Labute approximate surface area is 133 Å². The smallest absolute Gasteiger partial charge is 0.312 e. The summed E-state index contributed by atoms with van der Waals surface area (Å²) in [5.41, 5.74) is 2.55. The molecule has 2 aromatic rings. The molecule has 1 amide bonds. The second kappa shape index (κ2) is 5.57. The topological polar surface area (TPSA) is 57.6 Å². The Morgan fingerprint density at radius 3 is 2.73 bits per heavy atom. The molecule has 1 aliphatic heterocycles. The van der Waals surface area contributed by atoms with Crippen LogP contribution in [0.25, 0.3) is 0 Å². The van der Waals surface area contributed by atoms with Gasteiger partial charge >= 0.3 is 5.97 Å². The zero-order valence-corrected chi connectivity index (χ0v) is 13.3. The number of aryl methyl sites for hydroxylation is 2. The molecular formula is C17H17NO3S. The standard InChI is InChI=1S/C17H17NO3S/c1-3-14-10(2)8-15(22-14)16(19)18-9-12(17(20)21)11-6-4-5-7-13(11)18/h4-8,12H,3,9H2,1-2H3,(H,20,21). The van der Waals surface area contributed by atoms with E-state index in [0.717, 1.165) is 12.0 Å². The number of nitrogens with zero attached hydrogens (tertiary/aromatic N) is 1. The average Bonchev–Trinajstić information content (AvgIpc) is 3.07. The van der Waals surface area contributed by atoms with Crippen LogP contribution in [0.2, 0.25) is 0 Å². The molecule has 1 unspecified atom stereocenters. The second-order valence-corrected chi connectivity index (χ2v) is 6.57. The summed E-state index contributed by atoms with van der Waals surface area (Å²) < 4.78 is 0. The fourth-order valence-corrected chi connectivity index (χ4v) is 3.98. The number of hydrogen-bond acceptors (Lipinski definition) is 3. The summed E-state index contributed by atoms with van der Waals surface area (Å²) in [4.78, 5) is 27.7. The van der Waals surface area contributed by atoms with Crippen LogP contribution in [0, 0.1) is 6.92 Å². The van der Waals surface area contributed by atoms with Gasteiger partial charge in [0, 0.05) is 17.1 Å². The van der Waals surface area contributed by atoms with Crippen molar-refractivity contribution in [3.05, 3.63) is 51.2 Å². The first kappa shape index (κ1) is 14.8. The zero-order chi connectivity index (χ0) is 15.9. The van der Waals surface area contributed by atoms with E-state index in [2.05, 4.69) is 6.92 Å². The molecule has 0 saturated heterocycles. The number of amides is 1. The highest BCUT2D eigenvalue weighted by Crippen LogP contribution is 2.38. The van der Waals surface area contributed by atoms with E-state index < -0.39 is 11.9 Å². The molecular weight excluding hydrogens is 298 g/mol. The fourth-order valence-electron chi connectivity index (χ4n) is 2.92. The Morgan fingerprint density at radius 1 is 1.36 bits per heavy atom. The maximum Gasteiger partial charge on any atom is 0.312 e. The Morgan fingerprint density at radius 2 is 2.09 bits per heavy atom. The van der Waals surface area contributed by atoms with E-state index >= 15 is 0 Å². The number of thiophene rings is 1. The maximum absolute atomic E-state index is 12.8. The first-order valence-electron chi connectivity index (χ1n) is 7.25. The molecule has 114 valence electrons. The van der Waals surface area contributed by atoms with Gasteiger partial charge in [-0.25, -0.2) is 0 Å². The zero-order valence-electron chi connectivity index (χ0n) is 12.5. The van der Waals surface area contributed by atoms with Crippen molar-refractivity contribution in [2.45, 2.75) is 26.2 Å². The molecule has 1 aliphatic rings. The Balaban J connectivity index is 1.98. The summed E-state index contributed by atoms with van der Waals surface area (Å²) in [5, 5.41) is 9.38. The number of carboxylic acids is 1. The van der Waals surface area contributed by atoms with E-state index in [9.17, 15) is 14.7 Å². The van der Waals surface area contributed by atoms with Crippen LogP contribution < -0.4 is 4.90 Å². The van der Waals surface area contributed by atoms with Crippen molar-refractivity contribution in [3.63, 3.8) is 0 Å². The lowest BCUT2D eigenvalue weighted by Gasteiger charge is -2.16. The van der Waals surface area contributed by atoms with E-state index in [-0.39, 0.29) is 12.5 Å². The van der Waals surface area contributed by atoms with Gasteiger partial charge in [-0.2, -0.15) is 0 Å². The number of carbonyl (C=O) groups is 2. The van der Waals surface area contributed by atoms with Gasteiger partial charge in [0.25, 0.3) is 5.91 Å². The summed E-state index contributed by atoms with van der Waals surface area (Å²) in [5.74, 6) is -1.64. The van der Waals surface area contributed by atoms with Gasteiger partial charge in [-0.3, -0.25) is 9.59 Å². The molecule has 0 bridgehead atoms. The second-order valence-electron chi connectivity index (χ2n) is 5.44. The van der Waals surface area contributed by atoms with Gasteiger partial charge in [0.1, 0.15) is 5.92 Å². The third-order valence-corrected chi connectivity index (χ3v) is 5.43. The summed E-state index contributed by atoms with van der Waals surface area (Å²) in [6.45, 7) is 4.27. The minimum absolute atomic E-state index is 0.107. The van der Waals surface area contributed by atoms with Gasteiger partial charge in [0.05, 0.1) is 4.88 Å². The highest BCUT2D eigenvalue weighted by molar-refractivity contribution is 7.14. The minimum Gasteiger partial charge on any atom is -0.481 e. The van der Waals surface area contributed by atoms with Gasteiger partial charge in [-0.1, -0.05) is 25.1 Å². The molecule has 1 aromatic heterocycles. The van der Waals surface area contributed by atoms with Crippen LogP contribution in [0.4, 0.5) is 5.69 Å². The highest BCUT2D eigenvalue weighted by atomic mass is 32.1. The van der Waals surface area contributed by atoms with Gasteiger partial charge in [-0.05, 0) is 36.6 Å². The monoisotopic (exact) mass is 315 g/mol. The summed E-state index contributed by atoms with van der Waals surface area (Å²) in [6, 6.07) is 9.16. The van der Waals surface area contributed by atoms with E-state index in [1.807, 2.05) is 31.2 Å². The fraction of sp³-hybridized carbons (Fsp3) is 0.294. The van der Waals surface area contributed by atoms with E-state index in [1.54, 1.807) is 11.0 Å². The molecule has 0 aliphatic carbocycles. The number of carbonyl (C=O) groups excluding carboxylic acids is 1. The number of fused-ring (bicyclic) bond motifs is 1. The van der Waals surface area contributed by atoms with E-state index in [4.69, 9.17) is 0 Å². The van der Waals surface area contributed by atoms with Crippen LogP contribution >= 0.6 is 11.3 Å². The average molecular weight is 315 g/mol. The van der Waals surface area contributed by atoms with Crippen LogP contribution in [0.1, 0.15) is 38.5 Å². The number of aliphatic carboxylic acids is 1. The third kappa shape index (κ3) is 2.31. The van der Waals surface area contributed by atoms with Crippen molar-refractivity contribution in [2.75, 3.05) is 11.4 Å². The SMILES string of the molecule is CCc1sc(C(=O)N2CC(C(=O)O)c3ccccc32)cc1C. The predicted octanol–water partition coefficient (Wildman–Crippen LogP) is 3.45. The molecule has 22 heavy (non-hydrogen) atoms. The van der Waals surface area contributed by atoms with E-state index in [0.29, 0.717) is 16.1 Å². The van der Waals surface area contributed by atoms with Crippen LogP contribution in [0.5, 0.6) is 0 Å². The lowest BCUT2D eigenvalue weighted by Crippen LogP contribution is -2.30. The first-order chi connectivity index (χ1) is 10.5. The predicted molar refractivity (Wildman–Crippen MR) is 86.9 cm³/mol. The molecule has 4 nitrogen and oxygen atoms in total. The van der Waals surface area contributed by atoms with Crippen molar-refractivity contribution in [1.29, 1.82) is 0 Å². The summed E-state index contributed by atoms with van der Waals surface area (Å²) >= 11 is 1.50. The Bertz CT molecular complexity index is 750. The molecule has 2 heterocycles. The third-order valence-electron chi connectivity index (χ3n) is 4.06. The van der Waals surface area contributed by atoms with Crippen molar-refractivity contribution < 1.29 is 14.7 Å². The largest absolute Gasteiger partial charge is 0.481 e. The number of para-hydroxylation sites is 1. The number of anilines is 1.